The van der Waals surface area contributed by atoms with Crippen LogP contribution in [0.3, 0.4) is 0 Å². The molecule has 0 bridgehead atoms. The van der Waals surface area contributed by atoms with Crippen LogP contribution in [0.5, 0.6) is 0 Å². The minimum Gasteiger partial charge on any atom is -0.475 e. The fourth-order valence-corrected chi connectivity index (χ4v) is 1.41. The number of aromatic carboxylic acids is 1. The third kappa shape index (κ3) is 2.01. The van der Waals surface area contributed by atoms with Gasteiger partial charge in [0, 0.05) is 5.56 Å². The minimum atomic E-state index is -1.14. The highest BCUT2D eigenvalue weighted by Crippen LogP contribution is 2.22. The molecule has 2 rings (SSSR count). The molecule has 0 atom stereocenters. The summed E-state index contributed by atoms with van der Waals surface area (Å²) in [6, 6.07) is 8.56. The van der Waals surface area contributed by atoms with Gasteiger partial charge >= 0.3 is 5.97 Å². The van der Waals surface area contributed by atoms with Crippen molar-refractivity contribution >= 4 is 5.97 Å². The zero-order valence-electron chi connectivity index (χ0n) is 8.97. The summed E-state index contributed by atoms with van der Waals surface area (Å²) in [7, 11) is 0. The molecule has 5 heteroatoms. The number of aryl methyl sites for hydroxylation is 1. The molecule has 0 spiro atoms. The molecule has 5 nitrogen and oxygen atoms in total. The third-order valence-electron chi connectivity index (χ3n) is 2.25. The van der Waals surface area contributed by atoms with E-state index in [-0.39, 0.29) is 11.7 Å². The van der Waals surface area contributed by atoms with Crippen molar-refractivity contribution in [2.24, 2.45) is 0 Å². The summed E-state index contributed by atoms with van der Waals surface area (Å²) in [5, 5.41) is 17.5. The number of nitriles is 1. The molecular weight excluding hydrogens is 220 g/mol. The lowest BCUT2D eigenvalue weighted by molar-refractivity contribution is 0.0662. The second-order valence-corrected chi connectivity index (χ2v) is 3.43. The van der Waals surface area contributed by atoms with Crippen LogP contribution in [-0.4, -0.2) is 16.1 Å². The van der Waals surface area contributed by atoms with Crippen molar-refractivity contribution in [3.8, 4) is 17.5 Å². The zero-order chi connectivity index (χ0) is 12.4. The van der Waals surface area contributed by atoms with Crippen LogP contribution in [0.2, 0.25) is 0 Å². The average molecular weight is 228 g/mol. The van der Waals surface area contributed by atoms with E-state index in [1.165, 1.54) is 0 Å². The van der Waals surface area contributed by atoms with Crippen molar-refractivity contribution in [3.05, 3.63) is 41.3 Å². The SMILES string of the molecule is Cc1nc(-c2ccc(C#N)cc2)oc1C(=O)O. The summed E-state index contributed by atoms with van der Waals surface area (Å²) in [6.07, 6.45) is 0. The first-order chi connectivity index (χ1) is 8.11. The molecule has 1 N–H and O–H groups in total. The van der Waals surface area contributed by atoms with E-state index < -0.39 is 5.97 Å². The average Bonchev–Trinajstić information content (AvgIpc) is 2.71. The Morgan fingerprint density at radius 2 is 2.06 bits per heavy atom. The van der Waals surface area contributed by atoms with Gasteiger partial charge in [-0.1, -0.05) is 0 Å². The van der Waals surface area contributed by atoms with E-state index in [4.69, 9.17) is 14.8 Å². The molecule has 0 aliphatic rings. The normalized spacial score (nSPS) is 9.88. The third-order valence-corrected chi connectivity index (χ3v) is 2.25. The molecule has 0 saturated heterocycles. The molecule has 1 aromatic heterocycles. The van der Waals surface area contributed by atoms with Gasteiger partial charge in [0.1, 0.15) is 0 Å². The van der Waals surface area contributed by atoms with Gasteiger partial charge in [-0.3, -0.25) is 0 Å². The number of aromatic nitrogens is 1. The van der Waals surface area contributed by atoms with Crippen LogP contribution in [-0.2, 0) is 0 Å². The number of carbonyl (C=O) groups is 1. The number of rotatable bonds is 2. The number of hydrogen-bond donors (Lipinski definition) is 1. The number of oxazole rings is 1. The smallest absolute Gasteiger partial charge is 0.373 e. The maximum atomic E-state index is 10.8. The molecule has 0 unspecified atom stereocenters. The van der Waals surface area contributed by atoms with E-state index in [9.17, 15) is 4.79 Å². The van der Waals surface area contributed by atoms with Gasteiger partial charge in [-0.05, 0) is 31.2 Å². The van der Waals surface area contributed by atoms with E-state index in [0.717, 1.165) is 0 Å². The number of benzene rings is 1. The number of carboxylic acid groups (broad SMARTS) is 1. The molecule has 1 aromatic carbocycles. The number of carboxylic acids is 1. The maximum Gasteiger partial charge on any atom is 0.373 e. The fraction of sp³-hybridized carbons (Fsp3) is 0.0833. The molecule has 0 aliphatic heterocycles. The first-order valence-corrected chi connectivity index (χ1v) is 4.83. The molecule has 1 heterocycles. The minimum absolute atomic E-state index is 0.163. The Bertz CT molecular complexity index is 606. The van der Waals surface area contributed by atoms with Gasteiger partial charge in [0.2, 0.25) is 11.7 Å². The van der Waals surface area contributed by atoms with Gasteiger partial charge in [0.05, 0.1) is 17.3 Å². The Morgan fingerprint density at radius 1 is 1.41 bits per heavy atom. The van der Waals surface area contributed by atoms with Crippen LogP contribution in [0, 0.1) is 18.3 Å². The molecule has 2 aromatic rings. The molecule has 0 saturated carbocycles. The predicted octanol–water partition coefficient (Wildman–Crippen LogP) is 2.22. The summed E-state index contributed by atoms with van der Waals surface area (Å²) in [5.41, 5.74) is 1.49. The summed E-state index contributed by atoms with van der Waals surface area (Å²) in [5.74, 6) is -1.07. The summed E-state index contributed by atoms with van der Waals surface area (Å²) >= 11 is 0. The second-order valence-electron chi connectivity index (χ2n) is 3.43. The highest BCUT2D eigenvalue weighted by molar-refractivity contribution is 5.86. The molecule has 0 radical (unpaired) electrons. The van der Waals surface area contributed by atoms with Crippen LogP contribution in [0.15, 0.2) is 28.7 Å². The van der Waals surface area contributed by atoms with Crippen LogP contribution in [0.25, 0.3) is 11.5 Å². The largest absolute Gasteiger partial charge is 0.475 e. The first-order valence-electron chi connectivity index (χ1n) is 4.83. The van der Waals surface area contributed by atoms with Crippen LogP contribution >= 0.6 is 0 Å². The van der Waals surface area contributed by atoms with E-state index in [1.54, 1.807) is 31.2 Å². The summed E-state index contributed by atoms with van der Waals surface area (Å²) in [4.78, 5) is 14.8. The zero-order valence-corrected chi connectivity index (χ0v) is 8.97. The van der Waals surface area contributed by atoms with Crippen LogP contribution in [0.4, 0.5) is 0 Å². The maximum absolute atomic E-state index is 10.8. The lowest BCUT2D eigenvalue weighted by atomic mass is 10.1. The Balaban J connectivity index is 2.43. The Labute approximate surface area is 96.9 Å². The van der Waals surface area contributed by atoms with Gasteiger partial charge in [-0.25, -0.2) is 9.78 Å². The fourth-order valence-electron chi connectivity index (χ4n) is 1.41. The summed E-state index contributed by atoms with van der Waals surface area (Å²) < 4.78 is 5.14. The van der Waals surface area contributed by atoms with Gasteiger partial charge < -0.3 is 9.52 Å². The molecule has 0 aliphatic carbocycles. The second kappa shape index (κ2) is 4.10. The van der Waals surface area contributed by atoms with E-state index in [1.807, 2.05) is 6.07 Å². The van der Waals surface area contributed by atoms with E-state index in [0.29, 0.717) is 16.8 Å². The van der Waals surface area contributed by atoms with Gasteiger partial charge in [0.25, 0.3) is 0 Å². The molecule has 0 amide bonds. The van der Waals surface area contributed by atoms with Crippen molar-refractivity contribution in [1.29, 1.82) is 5.26 Å². The number of hydrogen-bond acceptors (Lipinski definition) is 4. The Hall–Kier alpha value is -2.61. The lowest BCUT2D eigenvalue weighted by Crippen LogP contribution is -1.95. The van der Waals surface area contributed by atoms with Crippen LogP contribution < -0.4 is 0 Å². The standard InChI is InChI=1S/C12H8N2O3/c1-7-10(12(15)16)17-11(14-7)9-4-2-8(6-13)3-5-9/h2-5H,1H3,(H,15,16). The van der Waals surface area contributed by atoms with E-state index >= 15 is 0 Å². The molecule has 0 fully saturated rings. The summed E-state index contributed by atoms with van der Waals surface area (Å²) in [6.45, 7) is 1.57. The topological polar surface area (TPSA) is 87.1 Å². The van der Waals surface area contributed by atoms with Gasteiger partial charge in [-0.2, -0.15) is 5.26 Å². The molecular formula is C12H8N2O3. The predicted molar refractivity (Wildman–Crippen MR) is 58.4 cm³/mol. The monoisotopic (exact) mass is 228 g/mol. The highest BCUT2D eigenvalue weighted by atomic mass is 16.4. The highest BCUT2D eigenvalue weighted by Gasteiger charge is 2.16. The van der Waals surface area contributed by atoms with Crippen molar-refractivity contribution in [1.82, 2.24) is 4.98 Å². The molecule has 17 heavy (non-hydrogen) atoms. The van der Waals surface area contributed by atoms with Gasteiger partial charge in [-0.15, -0.1) is 0 Å². The Kier molecular flexibility index (Phi) is 2.63. The lowest BCUT2D eigenvalue weighted by Gasteiger charge is -1.94. The first kappa shape index (κ1) is 10.9. The van der Waals surface area contributed by atoms with E-state index in [2.05, 4.69) is 4.98 Å². The van der Waals surface area contributed by atoms with Crippen molar-refractivity contribution in [3.63, 3.8) is 0 Å². The van der Waals surface area contributed by atoms with Crippen molar-refractivity contribution in [2.45, 2.75) is 6.92 Å². The van der Waals surface area contributed by atoms with Crippen molar-refractivity contribution < 1.29 is 14.3 Å². The van der Waals surface area contributed by atoms with Crippen LogP contribution in [0.1, 0.15) is 21.8 Å². The Morgan fingerprint density at radius 3 is 2.53 bits per heavy atom. The quantitative estimate of drug-likeness (QED) is 0.851. The number of nitrogens with zero attached hydrogens (tertiary/aromatic N) is 2. The molecule has 84 valence electrons. The van der Waals surface area contributed by atoms with Crippen molar-refractivity contribution in [2.75, 3.05) is 0 Å². The van der Waals surface area contributed by atoms with Gasteiger partial charge in [0.15, 0.2) is 0 Å².